The van der Waals surface area contributed by atoms with Gasteiger partial charge in [0.25, 0.3) is 11.1 Å². The minimum atomic E-state index is -0.266. The van der Waals surface area contributed by atoms with E-state index < -0.39 is 0 Å². The number of halogens is 2. The van der Waals surface area contributed by atoms with E-state index in [1.165, 1.54) is 10.5 Å². The lowest BCUT2D eigenvalue weighted by atomic mass is 10.1. The van der Waals surface area contributed by atoms with Gasteiger partial charge in [0.15, 0.2) is 0 Å². The van der Waals surface area contributed by atoms with Gasteiger partial charge in [0, 0.05) is 4.47 Å². The SMILES string of the molecule is Cc1cccc(COc2ccc(/C=C3\SC(=O)N(Cc4ccc(Br)cc4)C3=O)cc2I)c1. The molecule has 0 radical (unpaired) electrons. The molecular formula is C25H19BrINO3S. The molecule has 0 spiro atoms. The summed E-state index contributed by atoms with van der Waals surface area (Å²) in [6, 6.07) is 21.6. The molecule has 2 amide bonds. The van der Waals surface area contributed by atoms with E-state index in [2.05, 4.69) is 57.6 Å². The van der Waals surface area contributed by atoms with Crippen molar-refractivity contribution in [3.63, 3.8) is 0 Å². The van der Waals surface area contributed by atoms with E-state index >= 15 is 0 Å². The highest BCUT2D eigenvalue weighted by Crippen LogP contribution is 2.34. The largest absolute Gasteiger partial charge is 0.488 e. The lowest BCUT2D eigenvalue weighted by Gasteiger charge is -2.12. The van der Waals surface area contributed by atoms with Gasteiger partial charge >= 0.3 is 0 Å². The molecule has 4 nitrogen and oxygen atoms in total. The molecule has 0 aromatic heterocycles. The zero-order valence-corrected chi connectivity index (χ0v) is 21.7. The molecule has 0 saturated carbocycles. The van der Waals surface area contributed by atoms with Crippen molar-refractivity contribution in [1.29, 1.82) is 0 Å². The predicted octanol–water partition coefficient (Wildman–Crippen LogP) is 7.18. The lowest BCUT2D eigenvalue weighted by molar-refractivity contribution is -0.123. The highest BCUT2D eigenvalue weighted by atomic mass is 127. The molecular weight excluding hydrogens is 601 g/mol. The summed E-state index contributed by atoms with van der Waals surface area (Å²) in [6.07, 6.45) is 1.76. The first-order chi connectivity index (χ1) is 15.4. The third-order valence-corrected chi connectivity index (χ3v) is 7.14. The van der Waals surface area contributed by atoms with Crippen LogP contribution in [-0.2, 0) is 17.9 Å². The third kappa shape index (κ3) is 5.63. The van der Waals surface area contributed by atoms with Crippen LogP contribution in [0.15, 0.2) is 76.1 Å². The first-order valence-electron chi connectivity index (χ1n) is 9.87. The molecule has 4 rings (SSSR count). The summed E-state index contributed by atoms with van der Waals surface area (Å²) < 4.78 is 7.86. The normalized spacial score (nSPS) is 15.0. The molecule has 1 aliphatic heterocycles. The maximum atomic E-state index is 12.8. The molecule has 0 aliphatic carbocycles. The van der Waals surface area contributed by atoms with Crippen molar-refractivity contribution in [2.24, 2.45) is 0 Å². The molecule has 1 saturated heterocycles. The summed E-state index contributed by atoms with van der Waals surface area (Å²) in [5, 5.41) is -0.253. The van der Waals surface area contributed by atoms with Gasteiger partial charge in [-0.15, -0.1) is 0 Å². The van der Waals surface area contributed by atoms with Crippen molar-refractivity contribution < 1.29 is 14.3 Å². The van der Waals surface area contributed by atoms with E-state index in [9.17, 15) is 9.59 Å². The minimum Gasteiger partial charge on any atom is -0.488 e. The Morgan fingerprint density at radius 1 is 1.03 bits per heavy atom. The van der Waals surface area contributed by atoms with Crippen LogP contribution < -0.4 is 4.74 Å². The van der Waals surface area contributed by atoms with Crippen molar-refractivity contribution in [3.8, 4) is 5.75 Å². The Bertz CT molecular complexity index is 1210. The van der Waals surface area contributed by atoms with Gasteiger partial charge in [-0.1, -0.05) is 64.0 Å². The van der Waals surface area contributed by atoms with Crippen LogP contribution in [0.1, 0.15) is 22.3 Å². The summed E-state index contributed by atoms with van der Waals surface area (Å²) >= 11 is 6.59. The molecule has 1 aliphatic rings. The number of carbonyl (C=O) groups is 2. The number of thioether (sulfide) groups is 1. The summed E-state index contributed by atoms with van der Waals surface area (Å²) in [7, 11) is 0. The molecule has 1 fully saturated rings. The second kappa shape index (κ2) is 10.2. The molecule has 162 valence electrons. The average molecular weight is 620 g/mol. The molecule has 7 heteroatoms. The van der Waals surface area contributed by atoms with E-state index in [1.807, 2.05) is 54.6 Å². The first kappa shape index (κ1) is 23.1. The lowest BCUT2D eigenvalue weighted by Crippen LogP contribution is -2.27. The molecule has 0 N–H and O–H groups in total. The van der Waals surface area contributed by atoms with E-state index in [1.54, 1.807) is 6.08 Å². The van der Waals surface area contributed by atoms with Gasteiger partial charge in [0.05, 0.1) is 15.0 Å². The van der Waals surface area contributed by atoms with E-state index in [0.29, 0.717) is 11.5 Å². The van der Waals surface area contributed by atoms with Crippen molar-refractivity contribution in [1.82, 2.24) is 4.90 Å². The number of aryl methyl sites for hydroxylation is 1. The monoisotopic (exact) mass is 619 g/mol. The Morgan fingerprint density at radius 2 is 1.81 bits per heavy atom. The van der Waals surface area contributed by atoms with Gasteiger partial charge in [0.1, 0.15) is 12.4 Å². The molecule has 32 heavy (non-hydrogen) atoms. The van der Waals surface area contributed by atoms with Gasteiger partial charge in [0.2, 0.25) is 0 Å². The van der Waals surface area contributed by atoms with Gasteiger partial charge in [-0.05, 0) is 88.3 Å². The highest BCUT2D eigenvalue weighted by Gasteiger charge is 2.35. The van der Waals surface area contributed by atoms with Crippen LogP contribution in [0.3, 0.4) is 0 Å². The van der Waals surface area contributed by atoms with E-state index in [0.717, 1.165) is 42.2 Å². The zero-order chi connectivity index (χ0) is 22.7. The molecule has 0 bridgehead atoms. The summed E-state index contributed by atoms with van der Waals surface area (Å²) in [5.74, 6) is 0.519. The Hall–Kier alpha value is -2.10. The summed E-state index contributed by atoms with van der Waals surface area (Å²) in [6.45, 7) is 2.81. The van der Waals surface area contributed by atoms with Crippen molar-refractivity contribution >= 4 is 67.5 Å². The van der Waals surface area contributed by atoms with Crippen molar-refractivity contribution in [2.75, 3.05) is 0 Å². The fourth-order valence-electron chi connectivity index (χ4n) is 3.25. The Morgan fingerprint density at radius 3 is 2.53 bits per heavy atom. The molecule has 3 aromatic carbocycles. The topological polar surface area (TPSA) is 46.6 Å². The third-order valence-electron chi connectivity index (χ3n) is 4.86. The maximum absolute atomic E-state index is 12.8. The van der Waals surface area contributed by atoms with Crippen LogP contribution in [0, 0.1) is 10.5 Å². The molecule has 3 aromatic rings. The smallest absolute Gasteiger partial charge is 0.293 e. The number of benzene rings is 3. The minimum absolute atomic E-state index is 0.253. The number of hydrogen-bond acceptors (Lipinski definition) is 4. The molecule has 1 heterocycles. The van der Waals surface area contributed by atoms with Crippen LogP contribution in [0.4, 0.5) is 4.79 Å². The average Bonchev–Trinajstić information content (AvgIpc) is 3.02. The number of carbonyl (C=O) groups excluding carboxylic acids is 2. The molecule has 0 atom stereocenters. The summed E-state index contributed by atoms with van der Waals surface area (Å²) in [5.41, 5.74) is 4.07. The number of ether oxygens (including phenoxy) is 1. The number of hydrogen-bond donors (Lipinski definition) is 0. The number of nitrogens with zero attached hydrogens (tertiary/aromatic N) is 1. The first-order valence-corrected chi connectivity index (χ1v) is 12.6. The number of rotatable bonds is 6. The quantitative estimate of drug-likeness (QED) is 0.217. The second-order valence-corrected chi connectivity index (χ2v) is 10.4. The van der Waals surface area contributed by atoms with Gasteiger partial charge < -0.3 is 4.74 Å². The van der Waals surface area contributed by atoms with Gasteiger partial charge in [-0.2, -0.15) is 0 Å². The van der Waals surface area contributed by atoms with Gasteiger partial charge in [-0.25, -0.2) is 0 Å². The maximum Gasteiger partial charge on any atom is 0.293 e. The fraction of sp³-hybridized carbons (Fsp3) is 0.120. The van der Waals surface area contributed by atoms with Crippen LogP contribution in [-0.4, -0.2) is 16.0 Å². The van der Waals surface area contributed by atoms with Crippen LogP contribution in [0.5, 0.6) is 5.75 Å². The molecule has 0 unspecified atom stereocenters. The standard InChI is InChI=1S/C25H19BrINO3S/c1-16-3-2-4-19(11-16)15-31-22-10-7-18(12-21(22)27)13-23-24(29)28(25(30)32-23)14-17-5-8-20(26)9-6-17/h2-13H,14-15H2,1H3/b23-13-. The van der Waals surface area contributed by atoms with Crippen LogP contribution in [0.25, 0.3) is 6.08 Å². The number of amides is 2. The van der Waals surface area contributed by atoms with E-state index in [4.69, 9.17) is 4.74 Å². The van der Waals surface area contributed by atoms with E-state index in [-0.39, 0.29) is 17.7 Å². The summed E-state index contributed by atoms with van der Waals surface area (Å²) in [4.78, 5) is 26.9. The second-order valence-electron chi connectivity index (χ2n) is 7.36. The van der Waals surface area contributed by atoms with Crippen LogP contribution in [0.2, 0.25) is 0 Å². The Kier molecular flexibility index (Phi) is 7.37. The zero-order valence-electron chi connectivity index (χ0n) is 17.2. The van der Waals surface area contributed by atoms with Crippen molar-refractivity contribution in [2.45, 2.75) is 20.1 Å². The fourth-order valence-corrected chi connectivity index (χ4v) is 5.04. The predicted molar refractivity (Wildman–Crippen MR) is 140 cm³/mol. The Balaban J connectivity index is 1.45. The van der Waals surface area contributed by atoms with Crippen LogP contribution >= 0.6 is 50.3 Å². The highest BCUT2D eigenvalue weighted by molar-refractivity contribution is 14.1. The van der Waals surface area contributed by atoms with Gasteiger partial charge in [-0.3, -0.25) is 14.5 Å². The Labute approximate surface area is 213 Å². The number of imide groups is 1. The van der Waals surface area contributed by atoms with Crippen molar-refractivity contribution in [3.05, 3.63) is 102 Å².